The Kier molecular flexibility index (Phi) is 3.09. The van der Waals surface area contributed by atoms with Gasteiger partial charge in [-0.25, -0.2) is 17.9 Å². The van der Waals surface area contributed by atoms with Crippen LogP contribution in [-0.2, 0) is 10.0 Å². The molecule has 3 rings (SSSR count). The predicted molar refractivity (Wildman–Crippen MR) is 72.0 cm³/mol. The molecule has 0 saturated heterocycles. The second kappa shape index (κ2) is 4.56. The number of rotatable bonds is 3. The van der Waals surface area contributed by atoms with Gasteiger partial charge in [0, 0.05) is 11.7 Å². The van der Waals surface area contributed by atoms with E-state index in [2.05, 4.69) is 9.71 Å². The van der Waals surface area contributed by atoms with Crippen LogP contribution in [0.2, 0.25) is 0 Å². The first kappa shape index (κ1) is 13.6. The molecule has 3 N–H and O–H groups in total. The number of sulfonamides is 1. The van der Waals surface area contributed by atoms with E-state index in [1.165, 1.54) is 13.3 Å². The largest absolute Gasteiger partial charge is 0.325 e. The van der Waals surface area contributed by atoms with E-state index in [1.54, 1.807) is 0 Å². The highest BCUT2D eigenvalue weighted by molar-refractivity contribution is 7.89. The lowest BCUT2D eigenvalue weighted by molar-refractivity contribution is 0.390. The van der Waals surface area contributed by atoms with Gasteiger partial charge in [-0.1, -0.05) is 6.42 Å². The Hall–Kier alpha value is -1.41. The third-order valence-electron chi connectivity index (χ3n) is 4.39. The minimum absolute atomic E-state index is 0.0643. The summed E-state index contributed by atoms with van der Waals surface area (Å²) in [5.41, 5.74) is -1.51. The summed E-state index contributed by atoms with van der Waals surface area (Å²) in [5, 5.41) is 0. The van der Waals surface area contributed by atoms with E-state index in [4.69, 9.17) is 0 Å². The number of fused-ring (bicyclic) bond motifs is 2. The van der Waals surface area contributed by atoms with E-state index in [0.29, 0.717) is 11.8 Å². The van der Waals surface area contributed by atoms with Crippen molar-refractivity contribution in [2.75, 3.05) is 0 Å². The summed E-state index contributed by atoms with van der Waals surface area (Å²) >= 11 is 0. The molecule has 110 valence electrons. The van der Waals surface area contributed by atoms with Gasteiger partial charge in [-0.05, 0) is 38.0 Å². The van der Waals surface area contributed by atoms with Crippen molar-refractivity contribution in [1.29, 1.82) is 0 Å². The molecule has 0 radical (unpaired) electrons. The monoisotopic (exact) mass is 299 g/mol. The molecule has 2 aliphatic rings. The minimum Gasteiger partial charge on any atom is -0.310 e. The lowest BCUT2D eigenvalue weighted by atomic mass is 9.96. The molecule has 1 aromatic rings. The molecule has 0 aliphatic heterocycles. The van der Waals surface area contributed by atoms with Crippen LogP contribution in [0.5, 0.6) is 0 Å². The maximum atomic E-state index is 12.4. The van der Waals surface area contributed by atoms with E-state index in [9.17, 15) is 18.0 Å². The minimum atomic E-state index is -3.91. The van der Waals surface area contributed by atoms with Crippen molar-refractivity contribution in [2.24, 2.45) is 11.8 Å². The molecular formula is C12H17N3O4S. The van der Waals surface area contributed by atoms with Crippen LogP contribution in [-0.4, -0.2) is 24.4 Å². The molecule has 0 spiro atoms. The summed E-state index contributed by atoms with van der Waals surface area (Å²) in [5.74, 6) is 0.972. The topological polar surface area (TPSA) is 112 Å². The number of H-pyrrole nitrogens is 2. The van der Waals surface area contributed by atoms with Gasteiger partial charge >= 0.3 is 5.69 Å². The number of aromatic amines is 2. The first-order chi connectivity index (χ1) is 9.37. The standard InChI is InChI=1S/C12H17N3O4S/c1-6-10(11(16)14-12(17)13-6)20(18,19)15-9-5-7-2-3-8(9)4-7/h7-9,15H,2-5H2,1H3,(H2,13,14,16,17)/t7-,8+,9+/m0/s1. The van der Waals surface area contributed by atoms with Crippen molar-refractivity contribution in [1.82, 2.24) is 14.7 Å². The number of hydrogen-bond donors (Lipinski definition) is 3. The fourth-order valence-corrected chi connectivity index (χ4v) is 5.11. The van der Waals surface area contributed by atoms with E-state index in [1.807, 2.05) is 4.98 Å². The van der Waals surface area contributed by atoms with Crippen LogP contribution < -0.4 is 16.0 Å². The second-order valence-corrected chi connectivity index (χ2v) is 7.42. The highest BCUT2D eigenvalue weighted by Crippen LogP contribution is 2.44. The van der Waals surface area contributed by atoms with Crippen LogP contribution in [0, 0.1) is 18.8 Å². The molecular weight excluding hydrogens is 282 g/mol. The average Bonchev–Trinajstić information content (AvgIpc) is 2.87. The number of nitrogens with one attached hydrogen (secondary N) is 3. The third kappa shape index (κ3) is 2.22. The van der Waals surface area contributed by atoms with Gasteiger partial charge in [-0.15, -0.1) is 0 Å². The highest BCUT2D eigenvalue weighted by Gasteiger charge is 2.41. The molecule has 2 bridgehead atoms. The van der Waals surface area contributed by atoms with Crippen molar-refractivity contribution in [3.05, 3.63) is 26.5 Å². The van der Waals surface area contributed by atoms with Crippen LogP contribution in [0.1, 0.15) is 31.4 Å². The summed E-state index contributed by atoms with van der Waals surface area (Å²) in [4.78, 5) is 26.7. The Morgan fingerprint density at radius 2 is 1.90 bits per heavy atom. The molecule has 2 saturated carbocycles. The van der Waals surface area contributed by atoms with Crippen LogP contribution >= 0.6 is 0 Å². The van der Waals surface area contributed by atoms with Gasteiger partial charge < -0.3 is 4.98 Å². The van der Waals surface area contributed by atoms with Gasteiger partial charge in [0.25, 0.3) is 5.56 Å². The van der Waals surface area contributed by atoms with Crippen LogP contribution in [0.25, 0.3) is 0 Å². The molecule has 1 aromatic heterocycles. The normalized spacial score (nSPS) is 28.9. The molecule has 3 atom stereocenters. The fraction of sp³-hybridized carbons (Fsp3) is 0.667. The van der Waals surface area contributed by atoms with Crippen LogP contribution in [0.3, 0.4) is 0 Å². The summed E-state index contributed by atoms with van der Waals surface area (Å²) in [6.45, 7) is 1.41. The predicted octanol–water partition coefficient (Wildman–Crippen LogP) is -0.161. The van der Waals surface area contributed by atoms with Gasteiger partial charge in [-0.3, -0.25) is 9.78 Å². The molecule has 1 heterocycles. The molecule has 0 aromatic carbocycles. The number of aryl methyl sites for hydroxylation is 1. The molecule has 0 amide bonds. The van der Waals surface area contributed by atoms with E-state index in [0.717, 1.165) is 19.3 Å². The summed E-state index contributed by atoms with van der Waals surface area (Å²) in [7, 11) is -3.91. The van der Waals surface area contributed by atoms with Gasteiger partial charge in [0.1, 0.15) is 0 Å². The van der Waals surface area contributed by atoms with Crippen molar-refractivity contribution in [3.8, 4) is 0 Å². The smallest absolute Gasteiger partial charge is 0.310 e. The Bertz CT molecular complexity index is 749. The Morgan fingerprint density at radius 1 is 1.15 bits per heavy atom. The molecule has 20 heavy (non-hydrogen) atoms. The van der Waals surface area contributed by atoms with Crippen LogP contribution in [0.15, 0.2) is 14.5 Å². The van der Waals surface area contributed by atoms with Gasteiger partial charge in [0.2, 0.25) is 10.0 Å². The lowest BCUT2D eigenvalue weighted by Gasteiger charge is -2.22. The Balaban J connectivity index is 1.93. The number of hydrogen-bond acceptors (Lipinski definition) is 4. The van der Waals surface area contributed by atoms with Gasteiger partial charge in [-0.2, -0.15) is 0 Å². The van der Waals surface area contributed by atoms with Crippen molar-refractivity contribution < 1.29 is 8.42 Å². The van der Waals surface area contributed by atoms with E-state index < -0.39 is 21.3 Å². The van der Waals surface area contributed by atoms with E-state index >= 15 is 0 Å². The molecule has 8 heteroatoms. The fourth-order valence-electron chi connectivity index (χ4n) is 3.56. The summed E-state index contributed by atoms with van der Waals surface area (Å²) in [6, 6.07) is -0.0931. The molecule has 0 unspecified atom stereocenters. The van der Waals surface area contributed by atoms with Crippen molar-refractivity contribution in [2.45, 2.75) is 43.5 Å². The maximum Gasteiger partial charge on any atom is 0.325 e. The van der Waals surface area contributed by atoms with Crippen molar-refractivity contribution >= 4 is 10.0 Å². The zero-order chi connectivity index (χ0) is 14.5. The molecule has 2 aliphatic carbocycles. The second-order valence-electron chi connectivity index (χ2n) is 5.77. The first-order valence-corrected chi connectivity index (χ1v) is 8.20. The van der Waals surface area contributed by atoms with Gasteiger partial charge in [0.15, 0.2) is 4.90 Å². The van der Waals surface area contributed by atoms with Crippen LogP contribution in [0.4, 0.5) is 0 Å². The average molecular weight is 299 g/mol. The highest BCUT2D eigenvalue weighted by atomic mass is 32.2. The van der Waals surface area contributed by atoms with Crippen molar-refractivity contribution in [3.63, 3.8) is 0 Å². The lowest BCUT2D eigenvalue weighted by Crippen LogP contribution is -2.42. The summed E-state index contributed by atoms with van der Waals surface area (Å²) < 4.78 is 27.4. The van der Waals surface area contributed by atoms with E-state index in [-0.39, 0.29) is 16.6 Å². The Morgan fingerprint density at radius 3 is 2.45 bits per heavy atom. The first-order valence-electron chi connectivity index (χ1n) is 6.72. The SMILES string of the molecule is Cc1[nH]c(=O)[nH]c(=O)c1S(=O)(=O)N[C@@H]1C[C@H]2CC[C@@H]1C2. The molecule has 2 fully saturated rings. The third-order valence-corrected chi connectivity index (χ3v) is 6.03. The number of aromatic nitrogens is 2. The zero-order valence-corrected chi connectivity index (χ0v) is 11.9. The quantitative estimate of drug-likeness (QED) is 0.720. The zero-order valence-electron chi connectivity index (χ0n) is 11.1. The van der Waals surface area contributed by atoms with Gasteiger partial charge in [0.05, 0.1) is 0 Å². The Labute approximate surface area is 115 Å². The molecule has 7 nitrogen and oxygen atoms in total. The summed E-state index contributed by atoms with van der Waals surface area (Å²) in [6.07, 6.45) is 4.11. The maximum absolute atomic E-state index is 12.4.